The summed E-state index contributed by atoms with van der Waals surface area (Å²) in [4.78, 5) is 69.8. The molecule has 4 saturated heterocycles. The van der Waals surface area contributed by atoms with Gasteiger partial charge in [0.05, 0.1) is 6.61 Å². The number of nitrogens with one attached hydrogen (secondary N) is 1. The van der Waals surface area contributed by atoms with Crippen molar-refractivity contribution in [3.8, 4) is 0 Å². The highest BCUT2D eigenvalue weighted by Crippen LogP contribution is 2.49. The van der Waals surface area contributed by atoms with Gasteiger partial charge in [0.1, 0.15) is 12.1 Å². The third kappa shape index (κ3) is 4.70. The number of piperidine rings is 2. The Kier molecular flexibility index (Phi) is 6.66. The Hall–Kier alpha value is -3.67. The maximum Gasteiger partial charge on any atom is 0.409 e. The highest BCUT2D eigenvalue weighted by Gasteiger charge is 2.56. The van der Waals surface area contributed by atoms with Crippen molar-refractivity contribution in [1.29, 1.82) is 0 Å². The van der Waals surface area contributed by atoms with Crippen molar-refractivity contribution in [1.82, 2.24) is 20.0 Å². The van der Waals surface area contributed by atoms with E-state index in [1.54, 1.807) is 11.8 Å². The summed E-state index contributed by atoms with van der Waals surface area (Å²) < 4.78 is 10.8. The smallest absolute Gasteiger partial charge is 0.409 e. The monoisotopic (exact) mass is 539 g/mol. The van der Waals surface area contributed by atoms with Crippen LogP contribution in [0.5, 0.6) is 0 Å². The average molecular weight is 540 g/mol. The molecule has 4 fully saturated rings. The highest BCUT2D eigenvalue weighted by molar-refractivity contribution is 6.05. The number of benzene rings is 1. The summed E-state index contributed by atoms with van der Waals surface area (Å²) in [5, 5.41) is 2.33. The quantitative estimate of drug-likeness (QED) is 0.440. The van der Waals surface area contributed by atoms with E-state index in [0.717, 1.165) is 11.3 Å². The minimum Gasteiger partial charge on any atom is -0.450 e. The molecule has 1 aromatic rings. The maximum absolute atomic E-state index is 13.5. The number of carbonyl (C=O) groups is 5. The molecule has 0 aliphatic carbocycles. The molecule has 39 heavy (non-hydrogen) atoms. The fraction of sp³-hybridized carbons (Fsp3) is 0.593. The van der Waals surface area contributed by atoms with Crippen LogP contribution in [0.4, 0.5) is 10.5 Å². The lowest BCUT2D eigenvalue weighted by molar-refractivity contribution is -0.138. The van der Waals surface area contributed by atoms with E-state index in [1.165, 1.54) is 4.90 Å². The number of hydrogen-bond acceptors (Lipinski definition) is 8. The summed E-state index contributed by atoms with van der Waals surface area (Å²) in [6.07, 6.45) is 0.837. The standard InChI is InChI=1S/C27H33N5O7/c1-2-38-27(37)31-13-11-30(12-14-31)24(35)16-7-9-29(10-8-16)17-3-4-18-19(15-17)25(36)32(26-22(18)39-26)20-5-6-21(33)28-23(20)34/h3-4,15-16,20,22,26H,2,5-14H2,1H3,(H,28,33,34). The molecule has 5 amide bonds. The predicted molar refractivity (Wildman–Crippen MR) is 137 cm³/mol. The lowest BCUT2D eigenvalue weighted by atomic mass is 9.92. The van der Waals surface area contributed by atoms with Gasteiger partial charge in [-0.2, -0.15) is 0 Å². The molecule has 0 spiro atoms. The Bertz CT molecular complexity index is 1200. The van der Waals surface area contributed by atoms with Gasteiger partial charge >= 0.3 is 6.09 Å². The number of nitrogens with zero attached hydrogens (tertiary/aromatic N) is 4. The summed E-state index contributed by atoms with van der Waals surface area (Å²) in [5.41, 5.74) is 2.25. The van der Waals surface area contributed by atoms with Gasteiger partial charge in [-0.25, -0.2) is 4.79 Å². The average Bonchev–Trinajstić information content (AvgIpc) is 3.75. The van der Waals surface area contributed by atoms with Gasteiger partial charge in [-0.15, -0.1) is 0 Å². The molecule has 5 heterocycles. The van der Waals surface area contributed by atoms with E-state index >= 15 is 0 Å². The number of anilines is 1. The van der Waals surface area contributed by atoms with Crippen molar-refractivity contribution in [2.24, 2.45) is 5.92 Å². The van der Waals surface area contributed by atoms with Crippen molar-refractivity contribution in [2.75, 3.05) is 50.8 Å². The highest BCUT2D eigenvalue weighted by atomic mass is 16.6. The number of ether oxygens (including phenoxy) is 2. The number of imide groups is 1. The number of hydrogen-bond donors (Lipinski definition) is 1. The van der Waals surface area contributed by atoms with Crippen LogP contribution in [-0.4, -0.2) is 103 Å². The second kappa shape index (κ2) is 10.1. The Morgan fingerprint density at radius 2 is 1.72 bits per heavy atom. The van der Waals surface area contributed by atoms with E-state index in [9.17, 15) is 24.0 Å². The lowest BCUT2D eigenvalue weighted by Gasteiger charge is -2.39. The second-order valence-corrected chi connectivity index (χ2v) is 10.7. The third-order valence-corrected chi connectivity index (χ3v) is 8.42. The normalized spacial score (nSPS) is 27.1. The van der Waals surface area contributed by atoms with Gasteiger partial charge < -0.3 is 24.2 Å². The van der Waals surface area contributed by atoms with Crippen LogP contribution in [0.25, 0.3) is 0 Å². The van der Waals surface area contributed by atoms with Crippen LogP contribution < -0.4 is 10.2 Å². The van der Waals surface area contributed by atoms with Crippen molar-refractivity contribution in [3.63, 3.8) is 0 Å². The van der Waals surface area contributed by atoms with Gasteiger partial charge in [-0.1, -0.05) is 6.07 Å². The molecule has 3 atom stereocenters. The lowest BCUT2D eigenvalue weighted by Crippen LogP contribution is -2.56. The van der Waals surface area contributed by atoms with Crippen LogP contribution >= 0.6 is 0 Å². The molecule has 1 aromatic carbocycles. The molecule has 0 radical (unpaired) electrons. The summed E-state index contributed by atoms with van der Waals surface area (Å²) in [7, 11) is 0. The molecular weight excluding hydrogens is 506 g/mol. The Morgan fingerprint density at radius 1 is 1.00 bits per heavy atom. The first-order valence-electron chi connectivity index (χ1n) is 13.8. The van der Waals surface area contributed by atoms with E-state index < -0.39 is 18.2 Å². The Labute approximate surface area is 226 Å². The largest absolute Gasteiger partial charge is 0.450 e. The molecule has 0 aromatic heterocycles. The predicted octanol–water partition coefficient (Wildman–Crippen LogP) is 0.862. The SMILES string of the molecule is CCOC(=O)N1CCN(C(=O)C2CCN(c3ccc4c(c3)C(=O)N(C3CCC(=O)NC3=O)C3OC43)CC2)CC1. The van der Waals surface area contributed by atoms with E-state index in [1.807, 2.05) is 23.1 Å². The van der Waals surface area contributed by atoms with Crippen LogP contribution in [0.2, 0.25) is 0 Å². The number of rotatable bonds is 4. The van der Waals surface area contributed by atoms with Gasteiger partial charge in [-0.05, 0) is 43.9 Å². The van der Waals surface area contributed by atoms with E-state index in [0.29, 0.717) is 64.3 Å². The second-order valence-electron chi connectivity index (χ2n) is 10.7. The summed E-state index contributed by atoms with van der Waals surface area (Å²) in [5.74, 6) is -0.971. The zero-order valence-corrected chi connectivity index (χ0v) is 22.0. The Balaban J connectivity index is 1.08. The fourth-order valence-electron chi connectivity index (χ4n) is 6.21. The molecule has 5 aliphatic heterocycles. The van der Waals surface area contributed by atoms with Crippen LogP contribution in [0.3, 0.4) is 0 Å². The van der Waals surface area contributed by atoms with Gasteiger partial charge in [-0.3, -0.25) is 29.4 Å². The number of carbonyl (C=O) groups excluding carboxylic acids is 5. The Morgan fingerprint density at radius 3 is 2.41 bits per heavy atom. The summed E-state index contributed by atoms with van der Waals surface area (Å²) >= 11 is 0. The molecule has 12 nitrogen and oxygen atoms in total. The van der Waals surface area contributed by atoms with Crippen molar-refractivity contribution in [2.45, 2.75) is 51.0 Å². The van der Waals surface area contributed by atoms with Gasteiger partial charge in [0.15, 0.2) is 6.23 Å². The van der Waals surface area contributed by atoms with Gasteiger partial charge in [0.25, 0.3) is 5.91 Å². The zero-order chi connectivity index (χ0) is 27.3. The fourth-order valence-corrected chi connectivity index (χ4v) is 6.21. The van der Waals surface area contributed by atoms with Crippen LogP contribution in [0.15, 0.2) is 18.2 Å². The van der Waals surface area contributed by atoms with Crippen LogP contribution in [-0.2, 0) is 23.9 Å². The molecule has 6 rings (SSSR count). The summed E-state index contributed by atoms with van der Waals surface area (Å²) in [6, 6.07) is 5.06. The topological polar surface area (TPSA) is 132 Å². The molecule has 1 N–H and O–H groups in total. The maximum atomic E-state index is 13.5. The molecular formula is C27H33N5O7. The minimum atomic E-state index is -0.720. The number of piperazine rings is 1. The van der Waals surface area contributed by atoms with Gasteiger partial charge in [0, 0.05) is 62.9 Å². The first kappa shape index (κ1) is 25.6. The molecule has 0 bridgehead atoms. The van der Waals surface area contributed by atoms with E-state index in [-0.39, 0.29) is 48.7 Å². The van der Waals surface area contributed by atoms with E-state index in [4.69, 9.17) is 9.47 Å². The minimum absolute atomic E-state index is 0.0710. The van der Waals surface area contributed by atoms with Crippen LogP contribution in [0, 0.1) is 5.92 Å². The molecule has 0 saturated carbocycles. The van der Waals surface area contributed by atoms with Crippen molar-refractivity contribution >= 4 is 35.4 Å². The molecule has 3 unspecified atom stereocenters. The van der Waals surface area contributed by atoms with E-state index in [2.05, 4.69) is 10.2 Å². The molecule has 5 aliphatic rings. The number of amides is 5. The zero-order valence-electron chi connectivity index (χ0n) is 22.0. The first-order valence-corrected chi connectivity index (χ1v) is 13.8. The number of fused-ring (bicyclic) bond motifs is 3. The molecule has 12 heteroatoms. The van der Waals surface area contributed by atoms with Crippen molar-refractivity contribution in [3.05, 3.63) is 29.3 Å². The summed E-state index contributed by atoms with van der Waals surface area (Å²) in [6.45, 7) is 5.47. The third-order valence-electron chi connectivity index (χ3n) is 8.42. The van der Waals surface area contributed by atoms with Gasteiger partial charge in [0.2, 0.25) is 17.7 Å². The van der Waals surface area contributed by atoms with Crippen molar-refractivity contribution < 1.29 is 33.4 Å². The number of epoxide rings is 1. The first-order chi connectivity index (χ1) is 18.9. The molecule has 208 valence electrons. The van der Waals surface area contributed by atoms with Crippen LogP contribution in [0.1, 0.15) is 54.6 Å².